The molecule has 20 heavy (non-hydrogen) atoms. The van der Waals surface area contributed by atoms with E-state index in [1.54, 1.807) is 4.68 Å². The summed E-state index contributed by atoms with van der Waals surface area (Å²) in [5.41, 5.74) is 7.65. The van der Waals surface area contributed by atoms with Crippen LogP contribution in [0, 0.1) is 6.92 Å². The lowest BCUT2D eigenvalue weighted by atomic mass is 10.2. The summed E-state index contributed by atoms with van der Waals surface area (Å²) in [4.78, 5) is 16.2. The van der Waals surface area contributed by atoms with Gasteiger partial charge in [0, 0.05) is 19.6 Å². The van der Waals surface area contributed by atoms with Gasteiger partial charge in [0.2, 0.25) is 0 Å². The van der Waals surface area contributed by atoms with Gasteiger partial charge in [-0.3, -0.25) is 9.48 Å². The Morgan fingerprint density at radius 2 is 2.15 bits per heavy atom. The number of nitrogen functional groups attached to an aromatic ring is 1. The standard InChI is InChI=1S/C14H22N4OS/c1-6-8(3)18(7-2)13(19)12-11(15)10-9(4)16-17(5)14(10)20-12/h8H,6-7,15H2,1-5H3. The third kappa shape index (κ3) is 2.18. The number of thiophene rings is 1. The first-order chi connectivity index (χ1) is 9.42. The number of carbonyl (C=O) groups excluding carboxylic acids is 1. The number of amides is 1. The van der Waals surface area contributed by atoms with Crippen molar-refractivity contribution in [2.75, 3.05) is 12.3 Å². The molecule has 5 nitrogen and oxygen atoms in total. The number of hydrogen-bond acceptors (Lipinski definition) is 4. The molecule has 0 fully saturated rings. The third-order valence-electron chi connectivity index (χ3n) is 3.80. The van der Waals surface area contributed by atoms with E-state index in [0.717, 1.165) is 22.3 Å². The highest BCUT2D eigenvalue weighted by Gasteiger charge is 2.26. The van der Waals surface area contributed by atoms with Crippen LogP contribution in [0.4, 0.5) is 5.69 Å². The Balaban J connectivity index is 2.50. The summed E-state index contributed by atoms with van der Waals surface area (Å²) < 4.78 is 1.79. The fourth-order valence-corrected chi connectivity index (χ4v) is 3.64. The predicted octanol–water partition coefficient (Wildman–Crippen LogP) is 2.79. The molecule has 0 bridgehead atoms. The van der Waals surface area contributed by atoms with Gasteiger partial charge in [0.25, 0.3) is 5.91 Å². The summed E-state index contributed by atoms with van der Waals surface area (Å²) in [6.07, 6.45) is 0.935. The van der Waals surface area contributed by atoms with Gasteiger partial charge in [-0.25, -0.2) is 0 Å². The van der Waals surface area contributed by atoms with Crippen molar-refractivity contribution in [2.45, 2.75) is 40.2 Å². The predicted molar refractivity (Wildman–Crippen MR) is 84.2 cm³/mol. The normalized spacial score (nSPS) is 12.8. The minimum atomic E-state index is 0.0277. The van der Waals surface area contributed by atoms with Crippen LogP contribution in [0.1, 0.15) is 42.6 Å². The first-order valence-corrected chi connectivity index (χ1v) is 7.76. The molecule has 1 atom stereocenters. The molecule has 0 spiro atoms. The van der Waals surface area contributed by atoms with Gasteiger partial charge in [-0.1, -0.05) is 6.92 Å². The van der Waals surface area contributed by atoms with Crippen molar-refractivity contribution in [3.63, 3.8) is 0 Å². The van der Waals surface area contributed by atoms with Crippen molar-refractivity contribution in [1.82, 2.24) is 14.7 Å². The van der Waals surface area contributed by atoms with Gasteiger partial charge in [-0.2, -0.15) is 5.10 Å². The summed E-state index contributed by atoms with van der Waals surface area (Å²) >= 11 is 1.44. The Kier molecular flexibility index (Phi) is 4.04. The second-order valence-corrected chi connectivity index (χ2v) is 6.08. The summed E-state index contributed by atoms with van der Waals surface area (Å²) in [6.45, 7) is 8.77. The fraction of sp³-hybridized carbons (Fsp3) is 0.571. The Labute approximate surface area is 123 Å². The molecule has 2 aromatic rings. The van der Waals surface area contributed by atoms with Crippen molar-refractivity contribution in [1.29, 1.82) is 0 Å². The van der Waals surface area contributed by atoms with Crippen molar-refractivity contribution in [2.24, 2.45) is 7.05 Å². The van der Waals surface area contributed by atoms with Gasteiger partial charge in [-0.05, 0) is 27.2 Å². The SMILES string of the molecule is CCC(C)N(CC)C(=O)c1sc2c(c(C)nn2C)c1N. The summed E-state index contributed by atoms with van der Waals surface area (Å²) in [7, 11) is 1.88. The highest BCUT2D eigenvalue weighted by atomic mass is 32.1. The van der Waals surface area contributed by atoms with E-state index in [-0.39, 0.29) is 11.9 Å². The Bertz CT molecular complexity index is 643. The van der Waals surface area contributed by atoms with E-state index < -0.39 is 0 Å². The van der Waals surface area contributed by atoms with Gasteiger partial charge in [0.1, 0.15) is 9.71 Å². The molecule has 0 saturated carbocycles. The summed E-state index contributed by atoms with van der Waals surface area (Å²) in [5, 5.41) is 5.27. The Hall–Kier alpha value is -1.56. The minimum Gasteiger partial charge on any atom is -0.397 e. The molecule has 0 aliphatic rings. The number of carbonyl (C=O) groups is 1. The number of rotatable bonds is 4. The van der Waals surface area contributed by atoms with Crippen LogP contribution >= 0.6 is 11.3 Å². The summed E-state index contributed by atoms with van der Waals surface area (Å²) in [6, 6.07) is 0.219. The number of nitrogens with two attached hydrogens (primary N) is 1. The average Bonchev–Trinajstić information content (AvgIpc) is 2.89. The van der Waals surface area contributed by atoms with E-state index in [9.17, 15) is 4.79 Å². The average molecular weight is 294 g/mol. The quantitative estimate of drug-likeness (QED) is 0.943. The zero-order chi connectivity index (χ0) is 15.0. The largest absolute Gasteiger partial charge is 0.397 e. The minimum absolute atomic E-state index is 0.0277. The topological polar surface area (TPSA) is 64.2 Å². The van der Waals surface area contributed by atoms with E-state index in [4.69, 9.17) is 5.73 Å². The van der Waals surface area contributed by atoms with Crippen LogP contribution in [-0.4, -0.2) is 33.2 Å². The van der Waals surface area contributed by atoms with E-state index in [1.807, 2.05) is 25.8 Å². The highest BCUT2D eigenvalue weighted by Crippen LogP contribution is 2.36. The van der Waals surface area contributed by atoms with Gasteiger partial charge >= 0.3 is 0 Å². The van der Waals surface area contributed by atoms with Crippen molar-refractivity contribution < 1.29 is 4.79 Å². The molecule has 110 valence electrons. The van der Waals surface area contributed by atoms with E-state index in [2.05, 4.69) is 18.9 Å². The number of anilines is 1. The van der Waals surface area contributed by atoms with Gasteiger partial charge in [0.05, 0.1) is 16.8 Å². The van der Waals surface area contributed by atoms with Gasteiger partial charge in [0.15, 0.2) is 0 Å². The molecule has 0 saturated heterocycles. The van der Waals surface area contributed by atoms with Gasteiger partial charge in [-0.15, -0.1) is 11.3 Å². The second-order valence-electron chi connectivity index (χ2n) is 5.08. The van der Waals surface area contributed by atoms with Crippen LogP contribution in [0.15, 0.2) is 0 Å². The first-order valence-electron chi connectivity index (χ1n) is 6.94. The van der Waals surface area contributed by atoms with E-state index in [0.29, 0.717) is 17.1 Å². The number of nitrogens with zero attached hydrogens (tertiary/aromatic N) is 3. The molecular formula is C14H22N4OS. The van der Waals surface area contributed by atoms with Crippen molar-refractivity contribution in [3.05, 3.63) is 10.6 Å². The lowest BCUT2D eigenvalue weighted by molar-refractivity contribution is 0.0706. The second kappa shape index (κ2) is 5.44. The molecule has 0 aromatic carbocycles. The van der Waals surface area contributed by atoms with Crippen LogP contribution < -0.4 is 5.73 Å². The molecule has 2 heterocycles. The lowest BCUT2D eigenvalue weighted by Crippen LogP contribution is -2.38. The molecule has 2 N–H and O–H groups in total. The first kappa shape index (κ1) is 14.8. The molecule has 6 heteroatoms. The van der Waals surface area contributed by atoms with Crippen LogP contribution in [0.5, 0.6) is 0 Å². The zero-order valence-corrected chi connectivity index (χ0v) is 13.5. The Morgan fingerprint density at radius 1 is 1.50 bits per heavy atom. The fourth-order valence-electron chi connectivity index (χ4n) is 2.49. The maximum Gasteiger partial charge on any atom is 0.266 e. The molecule has 0 aliphatic carbocycles. The number of aryl methyl sites for hydroxylation is 2. The number of hydrogen-bond donors (Lipinski definition) is 1. The molecular weight excluding hydrogens is 272 g/mol. The van der Waals surface area contributed by atoms with Crippen LogP contribution in [0.25, 0.3) is 10.2 Å². The molecule has 1 amide bonds. The smallest absolute Gasteiger partial charge is 0.266 e. The highest BCUT2D eigenvalue weighted by molar-refractivity contribution is 7.21. The van der Waals surface area contributed by atoms with Crippen LogP contribution in [0.2, 0.25) is 0 Å². The molecule has 1 unspecified atom stereocenters. The van der Waals surface area contributed by atoms with E-state index in [1.165, 1.54) is 11.3 Å². The number of aromatic nitrogens is 2. The maximum atomic E-state index is 12.7. The zero-order valence-electron chi connectivity index (χ0n) is 12.7. The lowest BCUT2D eigenvalue weighted by Gasteiger charge is -2.26. The Morgan fingerprint density at radius 3 is 2.65 bits per heavy atom. The van der Waals surface area contributed by atoms with Gasteiger partial charge < -0.3 is 10.6 Å². The monoisotopic (exact) mass is 294 g/mol. The molecule has 0 radical (unpaired) electrons. The third-order valence-corrected chi connectivity index (χ3v) is 5.06. The van der Waals surface area contributed by atoms with Crippen molar-refractivity contribution in [3.8, 4) is 0 Å². The van der Waals surface area contributed by atoms with Crippen LogP contribution in [0.3, 0.4) is 0 Å². The van der Waals surface area contributed by atoms with Crippen molar-refractivity contribution >= 4 is 33.1 Å². The van der Waals surface area contributed by atoms with Crippen LogP contribution in [-0.2, 0) is 7.05 Å². The molecule has 2 rings (SSSR count). The summed E-state index contributed by atoms with van der Waals surface area (Å²) in [5.74, 6) is 0.0277. The number of fused-ring (bicyclic) bond motifs is 1. The van der Waals surface area contributed by atoms with E-state index >= 15 is 0 Å². The maximum absolute atomic E-state index is 12.7. The molecule has 0 aliphatic heterocycles. The molecule has 2 aromatic heterocycles.